The van der Waals surface area contributed by atoms with Crippen LogP contribution in [0.2, 0.25) is 0 Å². The molecule has 0 aromatic heterocycles. The van der Waals surface area contributed by atoms with Crippen LogP contribution in [0.3, 0.4) is 0 Å². The highest BCUT2D eigenvalue weighted by molar-refractivity contribution is 5.98. The van der Waals surface area contributed by atoms with Crippen molar-refractivity contribution in [3.63, 3.8) is 0 Å². The van der Waals surface area contributed by atoms with E-state index < -0.39 is 53.9 Å². The summed E-state index contributed by atoms with van der Waals surface area (Å²) in [5, 5.41) is 2.18. The summed E-state index contributed by atoms with van der Waals surface area (Å²) in [6.07, 6.45) is -5.18. The van der Waals surface area contributed by atoms with E-state index in [1.54, 1.807) is 0 Å². The number of halogens is 3. The Morgan fingerprint density at radius 1 is 0.929 bits per heavy atom. The molecule has 1 rings (SSSR count). The number of amides is 1. The summed E-state index contributed by atoms with van der Waals surface area (Å²) in [6.45, 7) is 0. The van der Waals surface area contributed by atoms with E-state index in [4.69, 9.17) is 0 Å². The van der Waals surface area contributed by atoms with Crippen LogP contribution in [0.25, 0.3) is 0 Å². The van der Waals surface area contributed by atoms with Crippen LogP contribution in [-0.2, 0) is 34.8 Å². The molecule has 1 aromatic carbocycles. The van der Waals surface area contributed by atoms with Crippen LogP contribution in [0.5, 0.6) is 0 Å². The molecule has 0 spiro atoms. The average molecular weight is 405 g/mol. The molecule has 154 valence electrons. The molecular weight excluding hydrogens is 387 g/mol. The van der Waals surface area contributed by atoms with Gasteiger partial charge in [-0.3, -0.25) is 14.4 Å². The molecule has 0 heterocycles. The SMILES string of the molecule is COC(=O)C[C@H](C(=O)OC)[C@H](NC(=O)c1ccc(C(F)(F)F)cc1)C(=O)OC. The Kier molecular flexibility index (Phi) is 7.96. The molecule has 0 bridgehead atoms. The van der Waals surface area contributed by atoms with Crippen molar-refractivity contribution in [2.75, 3.05) is 21.3 Å². The Balaban J connectivity index is 3.12. The normalized spacial score (nSPS) is 13.1. The highest BCUT2D eigenvalue weighted by Crippen LogP contribution is 2.29. The number of hydrogen-bond donors (Lipinski definition) is 1. The summed E-state index contributed by atoms with van der Waals surface area (Å²) in [7, 11) is 3.06. The molecule has 11 heteroatoms. The molecule has 2 atom stereocenters. The van der Waals surface area contributed by atoms with Crippen LogP contribution in [0.15, 0.2) is 24.3 Å². The molecule has 0 radical (unpaired) electrons. The van der Waals surface area contributed by atoms with Crippen molar-refractivity contribution in [1.29, 1.82) is 0 Å². The minimum Gasteiger partial charge on any atom is -0.469 e. The molecule has 0 aliphatic rings. The van der Waals surface area contributed by atoms with Gasteiger partial charge in [0.2, 0.25) is 0 Å². The molecule has 28 heavy (non-hydrogen) atoms. The van der Waals surface area contributed by atoms with Crippen molar-refractivity contribution >= 4 is 23.8 Å². The van der Waals surface area contributed by atoms with Crippen molar-refractivity contribution < 1.29 is 46.6 Å². The standard InChI is InChI=1S/C17H18F3NO7/c1-26-12(22)8-11(15(24)27-2)13(16(25)28-3)21-14(23)9-4-6-10(7-5-9)17(18,19)20/h4-7,11,13H,8H2,1-3H3,(H,21,23)/t11-,13-/m0/s1. The lowest BCUT2D eigenvalue weighted by molar-refractivity contribution is -0.158. The first-order valence-corrected chi connectivity index (χ1v) is 7.75. The second-order valence-corrected chi connectivity index (χ2v) is 5.46. The quantitative estimate of drug-likeness (QED) is 0.539. The van der Waals surface area contributed by atoms with Crippen LogP contribution < -0.4 is 5.32 Å². The third-order valence-corrected chi connectivity index (χ3v) is 3.74. The summed E-state index contributed by atoms with van der Waals surface area (Å²) in [5.74, 6) is -5.33. The summed E-state index contributed by atoms with van der Waals surface area (Å²) < 4.78 is 51.4. The number of rotatable bonds is 7. The van der Waals surface area contributed by atoms with Crippen LogP contribution >= 0.6 is 0 Å². The molecular formula is C17H18F3NO7. The van der Waals surface area contributed by atoms with E-state index in [1.165, 1.54) is 0 Å². The monoisotopic (exact) mass is 405 g/mol. The van der Waals surface area contributed by atoms with Gasteiger partial charge in [-0.1, -0.05) is 0 Å². The van der Waals surface area contributed by atoms with Gasteiger partial charge in [-0.2, -0.15) is 13.2 Å². The Labute approximate surface area is 157 Å². The number of ether oxygens (including phenoxy) is 3. The van der Waals surface area contributed by atoms with Gasteiger partial charge in [-0.05, 0) is 24.3 Å². The number of methoxy groups -OCH3 is 3. The lowest BCUT2D eigenvalue weighted by atomic mass is 9.95. The van der Waals surface area contributed by atoms with Crippen LogP contribution in [0.4, 0.5) is 13.2 Å². The van der Waals surface area contributed by atoms with Gasteiger partial charge in [0.15, 0.2) is 0 Å². The minimum absolute atomic E-state index is 0.205. The van der Waals surface area contributed by atoms with Crippen LogP contribution in [-0.4, -0.2) is 51.2 Å². The largest absolute Gasteiger partial charge is 0.469 e. The van der Waals surface area contributed by atoms with E-state index in [-0.39, 0.29) is 5.56 Å². The zero-order valence-corrected chi connectivity index (χ0v) is 15.2. The molecule has 1 amide bonds. The Morgan fingerprint density at radius 2 is 1.46 bits per heavy atom. The third-order valence-electron chi connectivity index (χ3n) is 3.74. The first-order chi connectivity index (χ1) is 13.0. The van der Waals surface area contributed by atoms with Crippen LogP contribution in [0, 0.1) is 5.92 Å². The van der Waals surface area contributed by atoms with E-state index in [9.17, 15) is 32.3 Å². The zero-order valence-electron chi connectivity index (χ0n) is 15.2. The van der Waals surface area contributed by atoms with Gasteiger partial charge in [-0.25, -0.2) is 4.79 Å². The predicted molar refractivity (Wildman–Crippen MR) is 86.9 cm³/mol. The van der Waals surface area contributed by atoms with Gasteiger partial charge in [0.25, 0.3) is 5.91 Å². The van der Waals surface area contributed by atoms with Crippen molar-refractivity contribution in [2.45, 2.75) is 18.6 Å². The fourth-order valence-electron chi connectivity index (χ4n) is 2.24. The van der Waals surface area contributed by atoms with Gasteiger partial charge in [0, 0.05) is 5.56 Å². The van der Waals surface area contributed by atoms with E-state index in [2.05, 4.69) is 19.5 Å². The fourth-order valence-corrected chi connectivity index (χ4v) is 2.24. The predicted octanol–water partition coefficient (Wildman–Crippen LogP) is 1.33. The fraction of sp³-hybridized carbons (Fsp3) is 0.412. The molecule has 0 saturated heterocycles. The molecule has 0 aliphatic carbocycles. The van der Waals surface area contributed by atoms with Gasteiger partial charge < -0.3 is 19.5 Å². The Morgan fingerprint density at radius 3 is 1.89 bits per heavy atom. The molecule has 0 saturated carbocycles. The first-order valence-electron chi connectivity index (χ1n) is 7.75. The number of alkyl halides is 3. The van der Waals surface area contributed by atoms with Gasteiger partial charge in [0.1, 0.15) is 6.04 Å². The molecule has 0 unspecified atom stereocenters. The lowest BCUT2D eigenvalue weighted by Gasteiger charge is -2.23. The van der Waals surface area contributed by atoms with E-state index in [0.717, 1.165) is 33.5 Å². The number of benzene rings is 1. The second kappa shape index (κ2) is 9.72. The minimum atomic E-state index is -4.58. The maximum absolute atomic E-state index is 12.6. The zero-order chi connectivity index (χ0) is 21.5. The highest BCUT2D eigenvalue weighted by atomic mass is 19.4. The van der Waals surface area contributed by atoms with E-state index >= 15 is 0 Å². The number of carbonyl (C=O) groups is 4. The van der Waals surface area contributed by atoms with E-state index in [0.29, 0.717) is 12.1 Å². The number of nitrogens with one attached hydrogen (secondary N) is 1. The summed E-state index contributed by atoms with van der Waals surface area (Å²) in [6, 6.07) is 1.55. The highest BCUT2D eigenvalue weighted by Gasteiger charge is 2.39. The Hall–Kier alpha value is -3.11. The topological polar surface area (TPSA) is 108 Å². The van der Waals surface area contributed by atoms with Gasteiger partial charge in [-0.15, -0.1) is 0 Å². The molecule has 8 nitrogen and oxygen atoms in total. The molecule has 1 aromatic rings. The van der Waals surface area contributed by atoms with Gasteiger partial charge in [0.05, 0.1) is 39.2 Å². The molecule has 0 fully saturated rings. The summed E-state index contributed by atoms with van der Waals surface area (Å²) in [5.41, 5.74) is -1.17. The first kappa shape index (κ1) is 22.9. The van der Waals surface area contributed by atoms with Crippen molar-refractivity contribution in [1.82, 2.24) is 5.32 Å². The van der Waals surface area contributed by atoms with E-state index in [1.807, 2.05) is 0 Å². The smallest absolute Gasteiger partial charge is 0.416 e. The number of carbonyl (C=O) groups excluding carboxylic acids is 4. The second-order valence-electron chi connectivity index (χ2n) is 5.46. The third kappa shape index (κ3) is 5.96. The number of hydrogen-bond acceptors (Lipinski definition) is 7. The van der Waals surface area contributed by atoms with Crippen LogP contribution in [0.1, 0.15) is 22.3 Å². The number of esters is 3. The maximum Gasteiger partial charge on any atom is 0.416 e. The summed E-state index contributed by atoms with van der Waals surface area (Å²) in [4.78, 5) is 47.9. The van der Waals surface area contributed by atoms with Gasteiger partial charge >= 0.3 is 24.1 Å². The Bertz CT molecular complexity index is 731. The lowest BCUT2D eigenvalue weighted by Crippen LogP contribution is -2.50. The van der Waals surface area contributed by atoms with Crippen molar-refractivity contribution in [2.24, 2.45) is 5.92 Å². The average Bonchev–Trinajstić information content (AvgIpc) is 2.68. The van der Waals surface area contributed by atoms with Crippen molar-refractivity contribution in [3.8, 4) is 0 Å². The molecule has 1 N–H and O–H groups in total. The summed E-state index contributed by atoms with van der Waals surface area (Å²) >= 11 is 0. The maximum atomic E-state index is 12.6. The van der Waals surface area contributed by atoms with Crippen molar-refractivity contribution in [3.05, 3.63) is 35.4 Å². The molecule has 0 aliphatic heterocycles.